The molecule has 0 spiro atoms. The summed E-state index contributed by atoms with van der Waals surface area (Å²) in [6.07, 6.45) is 5.34. The first-order chi connectivity index (χ1) is 17.5. The van der Waals surface area contributed by atoms with Crippen LogP contribution >= 0.6 is 0 Å². The lowest BCUT2D eigenvalue weighted by Crippen LogP contribution is -2.21. The SMILES string of the molecule is CCC(C)CCC(C)Oc1ccc(C(C)(C)c2ccc(OC(C)COC(=O)/C=C/C(=O)OC)cc2)cc1. The van der Waals surface area contributed by atoms with Gasteiger partial charge in [-0.05, 0) is 68.0 Å². The van der Waals surface area contributed by atoms with Crippen molar-refractivity contribution in [3.8, 4) is 11.5 Å². The average molecular weight is 511 g/mol. The molecule has 3 atom stereocenters. The number of hydrogen-bond acceptors (Lipinski definition) is 6. The molecule has 0 N–H and O–H groups in total. The van der Waals surface area contributed by atoms with Crippen LogP contribution in [-0.4, -0.2) is 37.9 Å². The highest BCUT2D eigenvalue weighted by molar-refractivity contribution is 5.91. The third-order valence-electron chi connectivity index (χ3n) is 6.61. The second-order valence-electron chi connectivity index (χ2n) is 10.1. The molecule has 0 bridgehead atoms. The number of esters is 2. The zero-order valence-electron chi connectivity index (χ0n) is 23.3. The van der Waals surface area contributed by atoms with Gasteiger partial charge in [-0.2, -0.15) is 0 Å². The molecule has 0 saturated heterocycles. The fraction of sp³-hybridized carbons (Fsp3) is 0.484. The van der Waals surface area contributed by atoms with E-state index in [1.165, 1.54) is 25.5 Å². The fourth-order valence-corrected chi connectivity index (χ4v) is 3.80. The van der Waals surface area contributed by atoms with Gasteiger partial charge in [0.1, 0.15) is 24.2 Å². The topological polar surface area (TPSA) is 71.1 Å². The number of benzene rings is 2. The zero-order chi connectivity index (χ0) is 27.4. The van der Waals surface area contributed by atoms with Crippen LogP contribution in [0.25, 0.3) is 0 Å². The highest BCUT2D eigenvalue weighted by Gasteiger charge is 2.23. The molecule has 0 fully saturated rings. The Morgan fingerprint density at radius 3 is 1.76 bits per heavy atom. The van der Waals surface area contributed by atoms with Crippen molar-refractivity contribution in [1.82, 2.24) is 0 Å². The maximum Gasteiger partial charge on any atom is 0.331 e. The predicted octanol–water partition coefficient (Wildman–Crippen LogP) is 6.65. The molecule has 2 aromatic carbocycles. The van der Waals surface area contributed by atoms with Gasteiger partial charge in [-0.25, -0.2) is 9.59 Å². The van der Waals surface area contributed by atoms with Gasteiger partial charge in [-0.15, -0.1) is 0 Å². The monoisotopic (exact) mass is 510 g/mol. The second kappa shape index (κ2) is 14.5. The minimum Gasteiger partial charge on any atom is -0.491 e. The van der Waals surface area contributed by atoms with Crippen molar-refractivity contribution >= 4 is 11.9 Å². The Kier molecular flexibility index (Phi) is 11.7. The number of hydrogen-bond donors (Lipinski definition) is 0. The number of rotatable bonds is 14. The number of carbonyl (C=O) groups excluding carboxylic acids is 2. The van der Waals surface area contributed by atoms with E-state index in [9.17, 15) is 9.59 Å². The summed E-state index contributed by atoms with van der Waals surface area (Å²) in [5.41, 5.74) is 2.15. The first kappa shape index (κ1) is 29.9. The van der Waals surface area contributed by atoms with E-state index in [1.807, 2.05) is 19.1 Å². The van der Waals surface area contributed by atoms with Gasteiger partial charge in [0, 0.05) is 17.6 Å². The third-order valence-corrected chi connectivity index (χ3v) is 6.61. The summed E-state index contributed by atoms with van der Waals surface area (Å²) in [7, 11) is 1.24. The highest BCUT2D eigenvalue weighted by atomic mass is 16.6. The Bertz CT molecular complexity index is 1010. The van der Waals surface area contributed by atoms with Crippen LogP contribution in [0.3, 0.4) is 0 Å². The average Bonchev–Trinajstić information content (AvgIpc) is 2.89. The maximum atomic E-state index is 11.7. The van der Waals surface area contributed by atoms with Crippen molar-refractivity contribution in [3.05, 3.63) is 71.8 Å². The molecule has 2 aromatic rings. The van der Waals surface area contributed by atoms with E-state index >= 15 is 0 Å². The third kappa shape index (κ3) is 9.95. The van der Waals surface area contributed by atoms with Crippen molar-refractivity contribution in [1.29, 1.82) is 0 Å². The van der Waals surface area contributed by atoms with Crippen LogP contribution in [0.4, 0.5) is 0 Å². The molecule has 2 rings (SSSR count). The molecule has 6 heteroatoms. The Balaban J connectivity index is 1.91. The minimum atomic E-state index is -0.630. The summed E-state index contributed by atoms with van der Waals surface area (Å²) in [5, 5.41) is 0. The molecule has 3 unspecified atom stereocenters. The zero-order valence-corrected chi connectivity index (χ0v) is 23.3. The molecule has 0 amide bonds. The number of ether oxygens (including phenoxy) is 4. The van der Waals surface area contributed by atoms with Gasteiger partial charge in [-0.3, -0.25) is 0 Å². The molecule has 202 valence electrons. The van der Waals surface area contributed by atoms with Crippen molar-refractivity contribution < 1.29 is 28.5 Å². The predicted molar refractivity (Wildman–Crippen MR) is 146 cm³/mol. The first-order valence-corrected chi connectivity index (χ1v) is 13.0. The van der Waals surface area contributed by atoms with Crippen LogP contribution in [0.2, 0.25) is 0 Å². The Morgan fingerprint density at radius 1 is 0.784 bits per heavy atom. The largest absolute Gasteiger partial charge is 0.491 e. The van der Waals surface area contributed by atoms with Gasteiger partial charge in [-0.1, -0.05) is 58.4 Å². The van der Waals surface area contributed by atoms with E-state index < -0.39 is 11.9 Å². The Labute approximate surface area is 222 Å². The summed E-state index contributed by atoms with van der Waals surface area (Å²) in [6.45, 7) is 12.9. The fourth-order valence-electron chi connectivity index (χ4n) is 3.80. The highest BCUT2D eigenvalue weighted by Crippen LogP contribution is 2.33. The van der Waals surface area contributed by atoms with E-state index in [0.29, 0.717) is 5.75 Å². The van der Waals surface area contributed by atoms with E-state index in [-0.39, 0.29) is 24.2 Å². The van der Waals surface area contributed by atoms with E-state index in [0.717, 1.165) is 35.8 Å². The van der Waals surface area contributed by atoms with Crippen molar-refractivity contribution in [3.63, 3.8) is 0 Å². The lowest BCUT2D eigenvalue weighted by molar-refractivity contribution is -0.141. The second-order valence-corrected chi connectivity index (χ2v) is 10.1. The molecular formula is C31H42O6. The normalized spacial score (nSPS) is 14.0. The Hall–Kier alpha value is -3.28. The standard InChI is InChI=1S/C31H42O6/c1-8-22(2)9-10-23(3)36-27-15-11-25(12-16-27)31(5,6)26-13-17-28(18-14-26)37-24(4)21-35-30(33)20-19-29(32)34-7/h11-20,22-24H,8-10,21H2,1-7H3/b20-19+. The van der Waals surface area contributed by atoms with Crippen molar-refractivity contribution in [2.45, 2.75) is 78.4 Å². The maximum absolute atomic E-state index is 11.7. The lowest BCUT2D eigenvalue weighted by Gasteiger charge is -2.27. The summed E-state index contributed by atoms with van der Waals surface area (Å²) in [4.78, 5) is 22.7. The number of carbonyl (C=O) groups is 2. The lowest BCUT2D eigenvalue weighted by atomic mass is 9.78. The molecule has 6 nitrogen and oxygen atoms in total. The van der Waals surface area contributed by atoms with Crippen molar-refractivity contribution in [2.75, 3.05) is 13.7 Å². The van der Waals surface area contributed by atoms with Gasteiger partial charge in [0.15, 0.2) is 0 Å². The van der Waals surface area contributed by atoms with Crippen LogP contribution in [0.1, 0.15) is 71.9 Å². The van der Waals surface area contributed by atoms with E-state index in [2.05, 4.69) is 75.8 Å². The first-order valence-electron chi connectivity index (χ1n) is 13.0. The molecular weight excluding hydrogens is 468 g/mol. The molecule has 0 heterocycles. The molecule has 0 aliphatic heterocycles. The molecule has 37 heavy (non-hydrogen) atoms. The van der Waals surface area contributed by atoms with Gasteiger partial charge < -0.3 is 18.9 Å². The van der Waals surface area contributed by atoms with Gasteiger partial charge in [0.2, 0.25) is 0 Å². The van der Waals surface area contributed by atoms with Gasteiger partial charge in [0.05, 0.1) is 13.2 Å². The molecule has 0 saturated carbocycles. The smallest absolute Gasteiger partial charge is 0.331 e. The summed E-state index contributed by atoms with van der Waals surface area (Å²) < 4.78 is 21.5. The van der Waals surface area contributed by atoms with Crippen LogP contribution in [-0.2, 0) is 24.5 Å². The summed E-state index contributed by atoms with van der Waals surface area (Å²) in [6, 6.07) is 16.3. The quantitative estimate of drug-likeness (QED) is 0.209. The minimum absolute atomic E-state index is 0.0578. The van der Waals surface area contributed by atoms with Crippen molar-refractivity contribution in [2.24, 2.45) is 5.92 Å². The van der Waals surface area contributed by atoms with Crippen LogP contribution in [0, 0.1) is 5.92 Å². The molecule has 0 aliphatic carbocycles. The molecule has 0 aromatic heterocycles. The van der Waals surface area contributed by atoms with Crippen LogP contribution in [0.15, 0.2) is 60.7 Å². The van der Waals surface area contributed by atoms with Gasteiger partial charge >= 0.3 is 11.9 Å². The van der Waals surface area contributed by atoms with Crippen LogP contribution < -0.4 is 9.47 Å². The van der Waals surface area contributed by atoms with E-state index in [1.54, 1.807) is 0 Å². The molecule has 0 aliphatic rings. The van der Waals surface area contributed by atoms with Gasteiger partial charge in [0.25, 0.3) is 0 Å². The van der Waals surface area contributed by atoms with E-state index in [4.69, 9.17) is 14.2 Å². The molecule has 0 radical (unpaired) electrons. The summed E-state index contributed by atoms with van der Waals surface area (Å²) in [5.74, 6) is 1.07. The number of methoxy groups -OCH3 is 1. The summed E-state index contributed by atoms with van der Waals surface area (Å²) >= 11 is 0. The Morgan fingerprint density at radius 2 is 1.27 bits per heavy atom. The van der Waals surface area contributed by atoms with Crippen LogP contribution in [0.5, 0.6) is 11.5 Å².